The van der Waals surface area contributed by atoms with Crippen LogP contribution in [0.2, 0.25) is 0 Å². The van der Waals surface area contributed by atoms with Crippen LogP contribution in [0.25, 0.3) is 0 Å². The number of hydrogen-bond acceptors (Lipinski definition) is 4. The highest BCUT2D eigenvalue weighted by Gasteiger charge is 2.20. The van der Waals surface area contributed by atoms with Crippen LogP contribution < -0.4 is 10.5 Å². The minimum Gasteiger partial charge on any atom is -0.310 e. The van der Waals surface area contributed by atoms with Gasteiger partial charge in [0.25, 0.3) is 0 Å². The number of hydrogen-bond donors (Lipinski definition) is 2. The zero-order chi connectivity index (χ0) is 15.5. The number of primary sulfonamides is 1. The van der Waals surface area contributed by atoms with E-state index in [0.29, 0.717) is 18.6 Å². The zero-order valence-electron chi connectivity index (χ0n) is 12.7. The van der Waals surface area contributed by atoms with Crippen molar-refractivity contribution in [3.05, 3.63) is 29.8 Å². The summed E-state index contributed by atoms with van der Waals surface area (Å²) in [6.45, 7) is 7.37. The molecule has 0 radical (unpaired) electrons. The Morgan fingerprint density at radius 2 is 2.00 bits per heavy atom. The number of nitrogens with zero attached hydrogens (tertiary/aromatic N) is 1. The van der Waals surface area contributed by atoms with Gasteiger partial charge in [0.1, 0.15) is 0 Å². The van der Waals surface area contributed by atoms with E-state index in [-0.39, 0.29) is 4.90 Å². The first-order valence-electron chi connectivity index (χ1n) is 7.45. The summed E-state index contributed by atoms with van der Waals surface area (Å²) in [4.78, 5) is 2.66. The fourth-order valence-electron chi connectivity index (χ4n) is 2.71. The molecule has 1 aromatic carbocycles. The lowest BCUT2D eigenvalue weighted by Crippen LogP contribution is -2.44. The zero-order valence-corrected chi connectivity index (χ0v) is 13.6. The van der Waals surface area contributed by atoms with Gasteiger partial charge < -0.3 is 10.2 Å². The standard InChI is InChI=1S/C15H25N3O2S/c1-12(2)18-8-6-14(7-9-18)17-11-13-4-3-5-15(10-13)21(16,19)20/h3-5,10,12,14,17H,6-9,11H2,1-2H3,(H2,16,19,20). The van der Waals surface area contributed by atoms with E-state index >= 15 is 0 Å². The fraction of sp³-hybridized carbons (Fsp3) is 0.600. The maximum atomic E-state index is 11.3. The van der Waals surface area contributed by atoms with Crippen molar-refractivity contribution in [2.24, 2.45) is 5.14 Å². The molecule has 1 aromatic rings. The van der Waals surface area contributed by atoms with Gasteiger partial charge in [-0.25, -0.2) is 13.6 Å². The summed E-state index contributed by atoms with van der Waals surface area (Å²) in [5, 5.41) is 8.67. The van der Waals surface area contributed by atoms with E-state index in [4.69, 9.17) is 5.14 Å². The van der Waals surface area contributed by atoms with Gasteiger partial charge in [0, 0.05) is 18.6 Å². The van der Waals surface area contributed by atoms with Crippen molar-refractivity contribution in [1.29, 1.82) is 0 Å². The number of nitrogens with two attached hydrogens (primary N) is 1. The SMILES string of the molecule is CC(C)N1CCC(NCc2cccc(S(N)(=O)=O)c2)CC1. The molecule has 6 heteroatoms. The quantitative estimate of drug-likeness (QED) is 0.859. The molecule has 0 aliphatic carbocycles. The number of sulfonamides is 1. The monoisotopic (exact) mass is 311 g/mol. The smallest absolute Gasteiger partial charge is 0.238 e. The molecule has 1 fully saturated rings. The molecule has 118 valence electrons. The molecule has 0 aromatic heterocycles. The molecular weight excluding hydrogens is 286 g/mol. The van der Waals surface area contributed by atoms with E-state index in [1.165, 1.54) is 6.07 Å². The molecule has 1 heterocycles. The highest BCUT2D eigenvalue weighted by atomic mass is 32.2. The van der Waals surface area contributed by atoms with Gasteiger partial charge in [0.2, 0.25) is 10.0 Å². The first-order chi connectivity index (χ1) is 9.86. The summed E-state index contributed by atoms with van der Waals surface area (Å²) >= 11 is 0. The van der Waals surface area contributed by atoms with E-state index < -0.39 is 10.0 Å². The Morgan fingerprint density at radius 3 is 2.57 bits per heavy atom. The van der Waals surface area contributed by atoms with E-state index in [1.54, 1.807) is 12.1 Å². The third-order valence-electron chi connectivity index (χ3n) is 4.08. The van der Waals surface area contributed by atoms with Crippen LogP contribution in [0.1, 0.15) is 32.3 Å². The minimum atomic E-state index is -3.62. The number of piperidine rings is 1. The maximum absolute atomic E-state index is 11.3. The predicted octanol–water partition coefficient (Wildman–Crippen LogP) is 1.30. The predicted molar refractivity (Wildman–Crippen MR) is 84.4 cm³/mol. The van der Waals surface area contributed by atoms with Gasteiger partial charge in [0.15, 0.2) is 0 Å². The Labute approximate surface area is 127 Å². The number of benzene rings is 1. The van der Waals surface area contributed by atoms with Crippen LogP contribution in [0.4, 0.5) is 0 Å². The number of nitrogens with one attached hydrogen (secondary N) is 1. The van der Waals surface area contributed by atoms with Crippen LogP contribution in [0.15, 0.2) is 29.2 Å². The fourth-order valence-corrected chi connectivity index (χ4v) is 3.30. The number of rotatable bonds is 5. The molecule has 1 aliphatic heterocycles. The summed E-state index contributed by atoms with van der Waals surface area (Å²) in [7, 11) is -3.62. The second kappa shape index (κ2) is 6.87. The molecule has 5 nitrogen and oxygen atoms in total. The second-order valence-corrected chi connectivity index (χ2v) is 7.54. The van der Waals surface area contributed by atoms with E-state index in [0.717, 1.165) is 31.5 Å². The summed E-state index contributed by atoms with van der Waals surface area (Å²) in [6.07, 6.45) is 2.26. The molecule has 0 spiro atoms. The van der Waals surface area contributed by atoms with Crippen molar-refractivity contribution in [1.82, 2.24) is 10.2 Å². The van der Waals surface area contributed by atoms with Crippen LogP contribution in [-0.4, -0.2) is 38.5 Å². The molecule has 2 rings (SSSR count). The highest BCUT2D eigenvalue weighted by molar-refractivity contribution is 7.89. The first kappa shape index (κ1) is 16.4. The summed E-state index contributed by atoms with van der Waals surface area (Å²) in [6, 6.07) is 7.93. The molecule has 0 bridgehead atoms. The van der Waals surface area contributed by atoms with Crippen molar-refractivity contribution in [3.63, 3.8) is 0 Å². The van der Waals surface area contributed by atoms with Crippen molar-refractivity contribution >= 4 is 10.0 Å². The molecule has 0 unspecified atom stereocenters. The summed E-state index contributed by atoms with van der Waals surface area (Å²) in [5.74, 6) is 0. The van der Waals surface area contributed by atoms with Gasteiger partial charge in [-0.3, -0.25) is 0 Å². The molecule has 21 heavy (non-hydrogen) atoms. The van der Waals surface area contributed by atoms with Crippen molar-refractivity contribution in [2.45, 2.75) is 50.2 Å². The lowest BCUT2D eigenvalue weighted by atomic mass is 10.0. The Bertz CT molecular complexity index is 564. The van der Waals surface area contributed by atoms with Gasteiger partial charge in [-0.2, -0.15) is 0 Å². The van der Waals surface area contributed by atoms with E-state index in [1.807, 2.05) is 6.07 Å². The van der Waals surface area contributed by atoms with Crippen LogP contribution in [-0.2, 0) is 16.6 Å². The normalized spacial score (nSPS) is 18.3. The van der Waals surface area contributed by atoms with Crippen molar-refractivity contribution < 1.29 is 8.42 Å². The van der Waals surface area contributed by atoms with Gasteiger partial charge in [-0.05, 0) is 57.5 Å². The largest absolute Gasteiger partial charge is 0.310 e. The van der Waals surface area contributed by atoms with E-state index in [9.17, 15) is 8.42 Å². The first-order valence-corrected chi connectivity index (χ1v) is 9.00. The van der Waals surface area contributed by atoms with Gasteiger partial charge in [-0.15, -0.1) is 0 Å². The Hall–Kier alpha value is -0.950. The Kier molecular flexibility index (Phi) is 5.37. The van der Waals surface area contributed by atoms with Crippen LogP contribution in [0.5, 0.6) is 0 Å². The van der Waals surface area contributed by atoms with Crippen molar-refractivity contribution in [3.8, 4) is 0 Å². The Morgan fingerprint density at radius 1 is 1.33 bits per heavy atom. The maximum Gasteiger partial charge on any atom is 0.238 e. The van der Waals surface area contributed by atoms with Crippen molar-refractivity contribution in [2.75, 3.05) is 13.1 Å². The lowest BCUT2D eigenvalue weighted by molar-refractivity contribution is 0.161. The van der Waals surface area contributed by atoms with Crippen LogP contribution in [0, 0.1) is 0 Å². The third kappa shape index (κ3) is 4.78. The minimum absolute atomic E-state index is 0.177. The average Bonchev–Trinajstić information content (AvgIpc) is 2.45. The Balaban J connectivity index is 1.87. The molecule has 1 aliphatic rings. The molecule has 0 atom stereocenters. The lowest BCUT2D eigenvalue weighted by Gasteiger charge is -2.35. The van der Waals surface area contributed by atoms with E-state index in [2.05, 4.69) is 24.1 Å². The molecule has 1 saturated heterocycles. The topological polar surface area (TPSA) is 75.4 Å². The molecular formula is C15H25N3O2S. The molecule has 0 amide bonds. The molecule has 3 N–H and O–H groups in total. The summed E-state index contributed by atoms with van der Waals surface area (Å²) < 4.78 is 22.7. The average molecular weight is 311 g/mol. The summed E-state index contributed by atoms with van der Waals surface area (Å²) in [5.41, 5.74) is 0.952. The third-order valence-corrected chi connectivity index (χ3v) is 4.99. The van der Waals surface area contributed by atoms with Crippen LogP contribution >= 0.6 is 0 Å². The van der Waals surface area contributed by atoms with Gasteiger partial charge >= 0.3 is 0 Å². The van der Waals surface area contributed by atoms with Gasteiger partial charge in [0.05, 0.1) is 4.90 Å². The van der Waals surface area contributed by atoms with Gasteiger partial charge in [-0.1, -0.05) is 12.1 Å². The number of likely N-dealkylation sites (tertiary alicyclic amines) is 1. The van der Waals surface area contributed by atoms with Crippen LogP contribution in [0.3, 0.4) is 0 Å². The molecule has 0 saturated carbocycles. The highest BCUT2D eigenvalue weighted by Crippen LogP contribution is 2.14. The second-order valence-electron chi connectivity index (χ2n) is 5.98.